The average molecular weight is 186 g/mol. The molecule has 0 aliphatic rings. The summed E-state index contributed by atoms with van der Waals surface area (Å²) in [5, 5.41) is 0.945. The molecule has 0 amide bonds. The van der Waals surface area contributed by atoms with E-state index in [2.05, 4.69) is 9.97 Å². The molecule has 0 aliphatic carbocycles. The number of hydrogen-bond acceptors (Lipinski definition) is 3. The summed E-state index contributed by atoms with van der Waals surface area (Å²) in [6, 6.07) is 3.80. The highest BCUT2D eigenvalue weighted by Crippen LogP contribution is 2.16. The molecule has 0 bridgehead atoms. The van der Waals surface area contributed by atoms with E-state index in [1.807, 2.05) is 26.0 Å². The Morgan fingerprint density at radius 2 is 2.07 bits per heavy atom. The number of rotatable bonds is 1. The van der Waals surface area contributed by atoms with E-state index in [1.165, 1.54) is 0 Å². The molecule has 0 spiro atoms. The largest absolute Gasteiger partial charge is 0.298 e. The van der Waals surface area contributed by atoms with Gasteiger partial charge in [-0.05, 0) is 31.5 Å². The molecule has 0 N–H and O–H groups in total. The first-order chi connectivity index (χ1) is 6.70. The second-order valence-corrected chi connectivity index (χ2v) is 3.34. The second-order valence-electron chi connectivity index (χ2n) is 3.34. The Bertz CT molecular complexity index is 506. The number of hydrogen-bond donors (Lipinski definition) is 0. The molecule has 70 valence electrons. The maximum absolute atomic E-state index is 10.6. The van der Waals surface area contributed by atoms with Crippen LogP contribution < -0.4 is 0 Å². The summed E-state index contributed by atoms with van der Waals surface area (Å²) >= 11 is 0. The summed E-state index contributed by atoms with van der Waals surface area (Å²) in [5.41, 5.74) is 3.34. The molecule has 0 radical (unpaired) electrons. The molecular formula is C11H10N2O. The molecule has 2 aromatic heterocycles. The van der Waals surface area contributed by atoms with Crippen molar-refractivity contribution in [1.82, 2.24) is 9.97 Å². The fourth-order valence-electron chi connectivity index (χ4n) is 1.51. The Hall–Kier alpha value is -1.77. The predicted octanol–water partition coefficient (Wildman–Crippen LogP) is 2.06. The van der Waals surface area contributed by atoms with E-state index in [4.69, 9.17) is 0 Å². The van der Waals surface area contributed by atoms with Gasteiger partial charge in [-0.2, -0.15) is 0 Å². The monoisotopic (exact) mass is 186 g/mol. The number of fused-ring (bicyclic) bond motifs is 1. The van der Waals surface area contributed by atoms with Crippen molar-refractivity contribution in [3.05, 3.63) is 35.2 Å². The van der Waals surface area contributed by atoms with Crippen molar-refractivity contribution >= 4 is 17.3 Å². The third-order valence-electron chi connectivity index (χ3n) is 2.16. The van der Waals surface area contributed by atoms with E-state index in [0.29, 0.717) is 11.2 Å². The molecule has 14 heavy (non-hydrogen) atoms. The maximum Gasteiger partial charge on any atom is 0.159 e. The lowest BCUT2D eigenvalue weighted by Gasteiger charge is -2.02. The third kappa shape index (κ3) is 1.37. The Balaban J connectivity index is 2.81. The van der Waals surface area contributed by atoms with Crippen LogP contribution in [0, 0.1) is 13.8 Å². The van der Waals surface area contributed by atoms with Gasteiger partial charge in [0.1, 0.15) is 0 Å². The minimum Gasteiger partial charge on any atom is -0.298 e. The van der Waals surface area contributed by atoms with Crippen molar-refractivity contribution in [2.45, 2.75) is 13.8 Å². The van der Waals surface area contributed by atoms with Crippen molar-refractivity contribution in [3.8, 4) is 0 Å². The number of aldehydes is 1. The molecule has 0 saturated carbocycles. The molecular weight excluding hydrogens is 176 g/mol. The van der Waals surface area contributed by atoms with E-state index in [1.54, 1.807) is 6.20 Å². The molecule has 0 saturated heterocycles. The van der Waals surface area contributed by atoms with E-state index in [0.717, 1.165) is 22.9 Å². The van der Waals surface area contributed by atoms with Crippen molar-refractivity contribution in [2.24, 2.45) is 0 Å². The molecule has 0 aromatic carbocycles. The summed E-state index contributed by atoms with van der Waals surface area (Å²) in [5.74, 6) is 0. The van der Waals surface area contributed by atoms with E-state index in [-0.39, 0.29) is 0 Å². The molecule has 3 nitrogen and oxygen atoms in total. The summed E-state index contributed by atoms with van der Waals surface area (Å²) < 4.78 is 0. The Kier molecular flexibility index (Phi) is 2.00. The minimum atomic E-state index is 0.589. The summed E-state index contributed by atoms with van der Waals surface area (Å²) in [7, 11) is 0. The third-order valence-corrected chi connectivity index (χ3v) is 2.16. The first kappa shape index (κ1) is 8.81. The van der Waals surface area contributed by atoms with Gasteiger partial charge in [-0.3, -0.25) is 4.79 Å². The lowest BCUT2D eigenvalue weighted by molar-refractivity contribution is 0.112. The number of nitrogens with zero attached hydrogens (tertiary/aromatic N) is 2. The first-order valence-corrected chi connectivity index (χ1v) is 4.40. The molecule has 2 aromatic rings. The highest BCUT2D eigenvalue weighted by Gasteiger charge is 2.02. The lowest BCUT2D eigenvalue weighted by Crippen LogP contribution is -1.92. The van der Waals surface area contributed by atoms with Crippen LogP contribution >= 0.6 is 0 Å². The zero-order valence-corrected chi connectivity index (χ0v) is 8.11. The molecule has 0 fully saturated rings. The van der Waals surface area contributed by atoms with Crippen molar-refractivity contribution in [2.75, 3.05) is 0 Å². The predicted molar refractivity (Wildman–Crippen MR) is 54.4 cm³/mol. The van der Waals surface area contributed by atoms with Gasteiger partial charge < -0.3 is 0 Å². The Morgan fingerprint density at radius 3 is 2.79 bits per heavy atom. The van der Waals surface area contributed by atoms with Gasteiger partial charge in [-0.25, -0.2) is 9.97 Å². The fourth-order valence-corrected chi connectivity index (χ4v) is 1.51. The number of aromatic nitrogens is 2. The van der Waals surface area contributed by atoms with Crippen LogP contribution in [0.2, 0.25) is 0 Å². The van der Waals surface area contributed by atoms with Gasteiger partial charge >= 0.3 is 0 Å². The molecule has 3 heteroatoms. The first-order valence-electron chi connectivity index (χ1n) is 4.40. The van der Waals surface area contributed by atoms with Gasteiger partial charge in [0.2, 0.25) is 0 Å². The van der Waals surface area contributed by atoms with Crippen molar-refractivity contribution in [3.63, 3.8) is 0 Å². The van der Waals surface area contributed by atoms with Crippen LogP contribution in [0.3, 0.4) is 0 Å². The van der Waals surface area contributed by atoms with Crippen LogP contribution in [0.1, 0.15) is 21.6 Å². The molecule has 0 aliphatic heterocycles. The van der Waals surface area contributed by atoms with E-state index < -0.39 is 0 Å². The van der Waals surface area contributed by atoms with E-state index in [9.17, 15) is 4.79 Å². The second kappa shape index (κ2) is 3.18. The maximum atomic E-state index is 10.6. The summed E-state index contributed by atoms with van der Waals surface area (Å²) in [6.45, 7) is 3.93. The summed E-state index contributed by atoms with van der Waals surface area (Å²) in [6.07, 6.45) is 2.34. The minimum absolute atomic E-state index is 0.589. The van der Waals surface area contributed by atoms with E-state index >= 15 is 0 Å². The number of carbonyl (C=O) groups is 1. The highest BCUT2D eigenvalue weighted by molar-refractivity contribution is 5.85. The molecule has 2 rings (SSSR count). The van der Waals surface area contributed by atoms with Crippen LogP contribution in [-0.2, 0) is 0 Å². The quantitative estimate of drug-likeness (QED) is 0.640. The van der Waals surface area contributed by atoms with Crippen molar-refractivity contribution < 1.29 is 4.79 Å². The Labute approximate surface area is 81.8 Å². The fraction of sp³-hybridized carbons (Fsp3) is 0.182. The number of carbonyl (C=O) groups excluding carboxylic acids is 1. The zero-order valence-electron chi connectivity index (χ0n) is 8.11. The van der Waals surface area contributed by atoms with Crippen LogP contribution in [0.15, 0.2) is 18.3 Å². The van der Waals surface area contributed by atoms with Crippen LogP contribution in [0.25, 0.3) is 11.0 Å². The van der Waals surface area contributed by atoms with Gasteiger partial charge in [0.15, 0.2) is 11.9 Å². The molecule has 0 unspecified atom stereocenters. The number of aryl methyl sites for hydroxylation is 2. The summed E-state index contributed by atoms with van der Waals surface area (Å²) in [4.78, 5) is 19.0. The highest BCUT2D eigenvalue weighted by atomic mass is 16.1. The molecule has 0 atom stereocenters. The topological polar surface area (TPSA) is 42.9 Å². The van der Waals surface area contributed by atoms with Gasteiger partial charge in [0.05, 0.1) is 0 Å². The normalized spacial score (nSPS) is 10.4. The zero-order chi connectivity index (χ0) is 10.1. The van der Waals surface area contributed by atoms with Crippen molar-refractivity contribution in [1.29, 1.82) is 0 Å². The standard InChI is InChI=1S/C11H10N2O/c1-7-3-8(2)13-11-10(7)4-9(6-14)5-12-11/h3-6H,1-2H3. The lowest BCUT2D eigenvalue weighted by atomic mass is 10.1. The average Bonchev–Trinajstić information content (AvgIpc) is 2.17. The Morgan fingerprint density at radius 1 is 1.29 bits per heavy atom. The van der Waals surface area contributed by atoms with Crippen LogP contribution in [0.5, 0.6) is 0 Å². The van der Waals surface area contributed by atoms with Gasteiger partial charge in [-0.1, -0.05) is 0 Å². The van der Waals surface area contributed by atoms with Gasteiger partial charge in [-0.15, -0.1) is 0 Å². The van der Waals surface area contributed by atoms with Crippen LogP contribution in [-0.4, -0.2) is 16.3 Å². The van der Waals surface area contributed by atoms with Gasteiger partial charge in [0.25, 0.3) is 0 Å². The van der Waals surface area contributed by atoms with Crippen LogP contribution in [0.4, 0.5) is 0 Å². The number of pyridine rings is 2. The van der Waals surface area contributed by atoms with Gasteiger partial charge in [0, 0.05) is 22.8 Å². The molecule has 2 heterocycles. The smallest absolute Gasteiger partial charge is 0.159 e. The SMILES string of the molecule is Cc1cc(C)c2cc(C=O)cnc2n1.